The molecule has 0 N–H and O–H groups in total. The fourth-order valence-corrected chi connectivity index (χ4v) is 2.39. The van der Waals surface area contributed by atoms with Crippen LogP contribution in [0.25, 0.3) is 5.57 Å². The number of hydrogen-bond donors (Lipinski definition) is 0. The number of carbonyl (C=O) groups excluding carboxylic acids is 1. The molecule has 0 aliphatic rings. The molecule has 0 bridgehead atoms. The van der Waals surface area contributed by atoms with E-state index < -0.39 is 0 Å². The van der Waals surface area contributed by atoms with Gasteiger partial charge in [0.2, 0.25) is 0 Å². The molecule has 0 radical (unpaired) electrons. The second-order valence-corrected chi connectivity index (χ2v) is 5.88. The average Bonchev–Trinajstić information content (AvgIpc) is 2.64. The number of Topliss-reactive ketones (excluding diaryl/α,β-unsaturated/α-hetero) is 1. The van der Waals surface area contributed by atoms with Crippen molar-refractivity contribution in [2.75, 3.05) is 0 Å². The summed E-state index contributed by atoms with van der Waals surface area (Å²) in [5.41, 5.74) is 5.65. The van der Waals surface area contributed by atoms with Crippen LogP contribution in [0, 0.1) is 11.8 Å². The summed E-state index contributed by atoms with van der Waals surface area (Å²) < 4.78 is 0. The zero-order valence-corrected chi connectivity index (χ0v) is 15.0. The first-order valence-electron chi connectivity index (χ1n) is 8.21. The summed E-state index contributed by atoms with van der Waals surface area (Å²) in [7, 11) is 0. The maximum Gasteiger partial charge on any atom is 0.160 e. The molecule has 0 saturated carbocycles. The monoisotopic (exact) mass is 326 g/mol. The normalized spacial score (nSPS) is 11.9. The third-order valence-corrected chi connectivity index (χ3v) is 3.94. The number of benzene rings is 2. The molecule has 1 heteroatoms. The van der Waals surface area contributed by atoms with Crippen LogP contribution in [-0.2, 0) is 4.79 Å². The molecule has 0 saturated heterocycles. The van der Waals surface area contributed by atoms with Crippen molar-refractivity contribution >= 4 is 11.4 Å². The predicted octanol–water partition coefficient (Wildman–Crippen LogP) is 5.58. The maximum absolute atomic E-state index is 11.8. The lowest BCUT2D eigenvalue weighted by Crippen LogP contribution is -1.97. The molecule has 0 spiro atoms. The highest BCUT2D eigenvalue weighted by molar-refractivity contribution is 5.99. The van der Waals surface area contributed by atoms with E-state index in [9.17, 15) is 4.79 Å². The first-order valence-corrected chi connectivity index (χ1v) is 8.21. The summed E-state index contributed by atoms with van der Waals surface area (Å²) in [6.07, 6.45) is 3.63. The molecule has 0 heterocycles. The molecule has 1 nitrogen and oxygen atoms in total. The van der Waals surface area contributed by atoms with Crippen molar-refractivity contribution in [3.8, 4) is 11.8 Å². The van der Waals surface area contributed by atoms with Crippen LogP contribution in [0.15, 0.2) is 84.5 Å². The standard InChI is InChI=1S/C24H22O/c1-5-18(2)24(20(4)25)17-19(3)23-15-13-22(14-16-23)12-11-21-9-7-6-8-10-21/h5-10,13-17H,1H2,2-4H3/b19-17+,24-18-. The van der Waals surface area contributed by atoms with Crippen LogP contribution in [0.5, 0.6) is 0 Å². The van der Waals surface area contributed by atoms with Gasteiger partial charge in [-0.05, 0) is 67.8 Å². The molecule has 0 fully saturated rings. The Balaban J connectivity index is 2.25. The van der Waals surface area contributed by atoms with Gasteiger partial charge < -0.3 is 0 Å². The first kappa shape index (κ1) is 18.2. The minimum absolute atomic E-state index is 0.0436. The second-order valence-electron chi connectivity index (χ2n) is 5.88. The Morgan fingerprint density at radius 3 is 1.96 bits per heavy atom. The van der Waals surface area contributed by atoms with Gasteiger partial charge in [0.1, 0.15) is 0 Å². The lowest BCUT2D eigenvalue weighted by atomic mass is 9.99. The Morgan fingerprint density at radius 1 is 0.880 bits per heavy atom. The van der Waals surface area contributed by atoms with Crippen molar-refractivity contribution in [1.29, 1.82) is 0 Å². The van der Waals surface area contributed by atoms with Crippen LogP contribution >= 0.6 is 0 Å². The summed E-state index contributed by atoms with van der Waals surface area (Å²) >= 11 is 0. The summed E-state index contributed by atoms with van der Waals surface area (Å²) in [4.78, 5) is 11.8. The topological polar surface area (TPSA) is 17.1 Å². The number of ketones is 1. The van der Waals surface area contributed by atoms with Gasteiger partial charge in [0.15, 0.2) is 5.78 Å². The molecule has 0 aliphatic carbocycles. The molecule has 2 rings (SSSR count). The summed E-state index contributed by atoms with van der Waals surface area (Å²) in [5.74, 6) is 6.36. The lowest BCUT2D eigenvalue weighted by Gasteiger charge is -2.05. The Labute approximate surface area is 150 Å². The van der Waals surface area contributed by atoms with Crippen molar-refractivity contribution in [3.05, 3.63) is 101 Å². The van der Waals surface area contributed by atoms with E-state index in [0.29, 0.717) is 5.57 Å². The summed E-state index contributed by atoms with van der Waals surface area (Å²) in [6.45, 7) is 9.23. The van der Waals surface area contributed by atoms with Crippen molar-refractivity contribution in [2.24, 2.45) is 0 Å². The maximum atomic E-state index is 11.8. The van der Waals surface area contributed by atoms with Crippen LogP contribution in [-0.4, -0.2) is 5.78 Å². The molecular weight excluding hydrogens is 304 g/mol. The minimum Gasteiger partial charge on any atom is -0.295 e. The molecule has 0 atom stereocenters. The van der Waals surface area contributed by atoms with E-state index in [1.165, 1.54) is 0 Å². The molecule has 2 aromatic rings. The Kier molecular flexibility index (Phi) is 6.32. The zero-order chi connectivity index (χ0) is 18.2. The fraction of sp³-hybridized carbons (Fsp3) is 0.125. The van der Waals surface area contributed by atoms with Gasteiger partial charge in [0.25, 0.3) is 0 Å². The molecule has 25 heavy (non-hydrogen) atoms. The number of hydrogen-bond acceptors (Lipinski definition) is 1. The third-order valence-electron chi connectivity index (χ3n) is 3.94. The number of rotatable bonds is 4. The molecule has 124 valence electrons. The SMILES string of the molecule is C=C/C(C)=C(/C=C(\C)c1ccc(C#Cc2ccccc2)cc1)C(C)=O. The van der Waals surface area contributed by atoms with Gasteiger partial charge in [0, 0.05) is 16.7 Å². The van der Waals surface area contributed by atoms with Crippen LogP contribution in [0.1, 0.15) is 37.5 Å². The van der Waals surface area contributed by atoms with Crippen molar-refractivity contribution in [2.45, 2.75) is 20.8 Å². The van der Waals surface area contributed by atoms with Crippen LogP contribution in [0.3, 0.4) is 0 Å². The van der Waals surface area contributed by atoms with Crippen molar-refractivity contribution in [1.82, 2.24) is 0 Å². The van der Waals surface area contributed by atoms with Gasteiger partial charge >= 0.3 is 0 Å². The first-order chi connectivity index (χ1) is 12.0. The van der Waals surface area contributed by atoms with Crippen LogP contribution in [0.2, 0.25) is 0 Å². The van der Waals surface area contributed by atoms with Crippen molar-refractivity contribution < 1.29 is 4.79 Å². The van der Waals surface area contributed by atoms with Crippen molar-refractivity contribution in [3.63, 3.8) is 0 Å². The van der Waals surface area contributed by atoms with E-state index in [-0.39, 0.29) is 5.78 Å². The highest BCUT2D eigenvalue weighted by Crippen LogP contribution is 2.19. The smallest absolute Gasteiger partial charge is 0.160 e. The highest BCUT2D eigenvalue weighted by Gasteiger charge is 2.05. The van der Waals surface area contributed by atoms with E-state index in [1.807, 2.05) is 74.5 Å². The van der Waals surface area contributed by atoms with E-state index in [1.54, 1.807) is 13.0 Å². The average molecular weight is 326 g/mol. The fourth-order valence-electron chi connectivity index (χ4n) is 2.39. The van der Waals surface area contributed by atoms with Gasteiger partial charge in [-0.1, -0.05) is 54.8 Å². The molecule has 0 unspecified atom stereocenters. The van der Waals surface area contributed by atoms with E-state index >= 15 is 0 Å². The molecule has 0 aliphatic heterocycles. The third kappa shape index (κ3) is 5.19. The van der Waals surface area contributed by atoms with Gasteiger partial charge in [-0.15, -0.1) is 0 Å². The quantitative estimate of drug-likeness (QED) is 0.407. The van der Waals surface area contributed by atoms with Gasteiger partial charge in [-0.2, -0.15) is 0 Å². The van der Waals surface area contributed by atoms with E-state index in [0.717, 1.165) is 27.8 Å². The lowest BCUT2D eigenvalue weighted by molar-refractivity contribution is -0.113. The highest BCUT2D eigenvalue weighted by atomic mass is 16.1. The second kappa shape index (κ2) is 8.66. The van der Waals surface area contributed by atoms with E-state index in [4.69, 9.17) is 0 Å². The van der Waals surface area contributed by atoms with E-state index in [2.05, 4.69) is 18.4 Å². The Morgan fingerprint density at radius 2 is 1.44 bits per heavy atom. The van der Waals surface area contributed by atoms with Gasteiger partial charge in [0.05, 0.1) is 0 Å². The van der Waals surface area contributed by atoms with Crippen LogP contribution in [0.4, 0.5) is 0 Å². The predicted molar refractivity (Wildman–Crippen MR) is 106 cm³/mol. The largest absolute Gasteiger partial charge is 0.295 e. The van der Waals surface area contributed by atoms with Gasteiger partial charge in [-0.25, -0.2) is 0 Å². The number of carbonyl (C=O) groups is 1. The molecular formula is C24H22O. The Hall–Kier alpha value is -3.11. The zero-order valence-electron chi connectivity index (χ0n) is 15.0. The summed E-state index contributed by atoms with van der Waals surface area (Å²) in [6, 6.07) is 18.0. The summed E-state index contributed by atoms with van der Waals surface area (Å²) in [5, 5.41) is 0. The van der Waals surface area contributed by atoms with Gasteiger partial charge in [-0.3, -0.25) is 4.79 Å². The Bertz CT molecular complexity index is 883. The molecule has 0 amide bonds. The minimum atomic E-state index is 0.0436. The molecule has 0 aromatic heterocycles. The van der Waals surface area contributed by atoms with Crippen LogP contribution < -0.4 is 0 Å². The number of allylic oxidation sites excluding steroid dienone is 5. The molecule has 2 aromatic carbocycles.